The molecule has 1 aromatic rings. The molecule has 1 aliphatic carbocycles. The second-order valence-electron chi connectivity index (χ2n) is 8.30. The molecular weight excluding hydrogens is 348 g/mol. The van der Waals surface area contributed by atoms with Crippen molar-refractivity contribution in [1.29, 1.82) is 0 Å². The summed E-state index contributed by atoms with van der Waals surface area (Å²) < 4.78 is 4.67. The number of benzene rings is 1. The smallest absolute Gasteiger partial charge is 0.305 e. The summed E-state index contributed by atoms with van der Waals surface area (Å²) in [6.45, 7) is 2.25. The molecule has 1 fully saturated rings. The largest absolute Gasteiger partial charge is 0.469 e. The average molecular weight is 387 g/mol. The lowest BCUT2D eigenvalue weighted by molar-refractivity contribution is -0.140. The van der Waals surface area contributed by atoms with Crippen molar-refractivity contribution in [2.75, 3.05) is 7.11 Å². The molecule has 0 N–H and O–H groups in total. The molecule has 0 aliphatic heterocycles. The summed E-state index contributed by atoms with van der Waals surface area (Å²) in [7, 11) is 1.44. The van der Waals surface area contributed by atoms with Crippen molar-refractivity contribution in [1.82, 2.24) is 0 Å². The maximum absolute atomic E-state index is 12.4. The van der Waals surface area contributed by atoms with Gasteiger partial charge >= 0.3 is 5.97 Å². The molecule has 0 saturated heterocycles. The second kappa shape index (κ2) is 12.7. The summed E-state index contributed by atoms with van der Waals surface area (Å²) in [6, 6.07) is 9.07. The minimum Gasteiger partial charge on any atom is -0.469 e. The van der Waals surface area contributed by atoms with E-state index in [-0.39, 0.29) is 11.9 Å². The van der Waals surface area contributed by atoms with Crippen molar-refractivity contribution in [3.8, 4) is 0 Å². The topological polar surface area (TPSA) is 43.4 Å². The summed E-state index contributed by atoms with van der Waals surface area (Å²) in [5.74, 6) is 0.913. The van der Waals surface area contributed by atoms with Gasteiger partial charge in [-0.2, -0.15) is 0 Å². The summed E-state index contributed by atoms with van der Waals surface area (Å²) >= 11 is 0. The molecule has 2 atom stereocenters. The van der Waals surface area contributed by atoms with Crippen LogP contribution in [0.15, 0.2) is 24.3 Å². The molecule has 3 nitrogen and oxygen atoms in total. The minimum atomic E-state index is -0.125. The van der Waals surface area contributed by atoms with Crippen LogP contribution in [0.1, 0.15) is 101 Å². The molecule has 2 rings (SSSR count). The van der Waals surface area contributed by atoms with Crippen LogP contribution in [-0.2, 0) is 20.7 Å². The van der Waals surface area contributed by atoms with Crippen LogP contribution < -0.4 is 0 Å². The number of rotatable bonds is 13. The number of Topliss-reactive ketones (excluding diaryl/α,β-unsaturated/α-hetero) is 1. The van der Waals surface area contributed by atoms with Gasteiger partial charge < -0.3 is 4.74 Å². The number of carbonyl (C=O) groups excluding carboxylic acids is 2. The van der Waals surface area contributed by atoms with E-state index in [0.717, 1.165) is 44.9 Å². The quantitative estimate of drug-likeness (QED) is 0.291. The van der Waals surface area contributed by atoms with E-state index in [1.807, 2.05) is 0 Å². The zero-order valence-electron chi connectivity index (χ0n) is 17.9. The Bertz CT molecular complexity index is 590. The zero-order valence-corrected chi connectivity index (χ0v) is 17.9. The van der Waals surface area contributed by atoms with Crippen molar-refractivity contribution in [3.63, 3.8) is 0 Å². The van der Waals surface area contributed by atoms with Crippen molar-refractivity contribution < 1.29 is 14.3 Å². The Balaban J connectivity index is 1.77. The predicted octanol–water partition coefficient (Wildman–Crippen LogP) is 6.39. The Morgan fingerprint density at radius 1 is 1.00 bits per heavy atom. The summed E-state index contributed by atoms with van der Waals surface area (Å²) in [5, 5.41) is 0. The van der Waals surface area contributed by atoms with Crippen LogP contribution in [0, 0.1) is 5.92 Å². The third-order valence-corrected chi connectivity index (χ3v) is 6.20. The highest BCUT2D eigenvalue weighted by Gasteiger charge is 2.34. The number of ether oxygens (including phenoxy) is 1. The zero-order chi connectivity index (χ0) is 20.2. The minimum absolute atomic E-state index is 0.125. The molecule has 0 spiro atoms. The first-order valence-corrected chi connectivity index (χ1v) is 11.3. The van der Waals surface area contributed by atoms with Crippen LogP contribution in [0.4, 0.5) is 0 Å². The SMILES string of the molecule is CCCCCCc1ccc([C@H]2CCC(=O)C2CCCCCCC(=O)OC)cc1. The molecular formula is C25H38O3. The molecule has 3 heteroatoms. The standard InChI is InChI=1S/C25H38O3/c1-3-4-5-8-11-20-14-16-21(17-15-20)22-18-19-24(26)23(22)12-9-6-7-10-13-25(27)28-2/h14-17,22-23H,3-13,18-19H2,1-2H3/t22-,23?/m1/s1. The van der Waals surface area contributed by atoms with Gasteiger partial charge in [0.05, 0.1) is 7.11 Å². The molecule has 0 amide bonds. The fourth-order valence-corrected chi connectivity index (χ4v) is 4.45. The number of aryl methyl sites for hydroxylation is 1. The van der Waals surface area contributed by atoms with Crippen LogP contribution in [0.3, 0.4) is 0 Å². The second-order valence-corrected chi connectivity index (χ2v) is 8.30. The Morgan fingerprint density at radius 2 is 1.71 bits per heavy atom. The van der Waals surface area contributed by atoms with Gasteiger partial charge in [-0.05, 0) is 49.1 Å². The molecule has 1 saturated carbocycles. The van der Waals surface area contributed by atoms with E-state index in [1.165, 1.54) is 50.3 Å². The number of hydrogen-bond donors (Lipinski definition) is 0. The molecule has 0 bridgehead atoms. The predicted molar refractivity (Wildman–Crippen MR) is 114 cm³/mol. The van der Waals surface area contributed by atoms with E-state index in [2.05, 4.69) is 35.9 Å². The maximum Gasteiger partial charge on any atom is 0.305 e. The van der Waals surface area contributed by atoms with Gasteiger partial charge in [0.2, 0.25) is 0 Å². The third kappa shape index (κ3) is 7.41. The lowest BCUT2D eigenvalue weighted by atomic mass is 9.84. The van der Waals surface area contributed by atoms with Crippen molar-refractivity contribution in [2.24, 2.45) is 5.92 Å². The fraction of sp³-hybridized carbons (Fsp3) is 0.680. The highest BCUT2D eigenvalue weighted by molar-refractivity contribution is 5.84. The van der Waals surface area contributed by atoms with Crippen LogP contribution >= 0.6 is 0 Å². The third-order valence-electron chi connectivity index (χ3n) is 6.20. The lowest BCUT2D eigenvalue weighted by Crippen LogP contribution is -2.13. The first-order valence-electron chi connectivity index (χ1n) is 11.3. The van der Waals surface area contributed by atoms with E-state index < -0.39 is 0 Å². The first kappa shape index (κ1) is 22.6. The molecule has 0 aromatic heterocycles. The summed E-state index contributed by atoms with van der Waals surface area (Å²) in [4.78, 5) is 23.6. The number of carbonyl (C=O) groups is 2. The molecule has 1 unspecified atom stereocenters. The number of esters is 1. The van der Waals surface area contributed by atoms with Crippen molar-refractivity contribution in [3.05, 3.63) is 35.4 Å². The average Bonchev–Trinajstić information content (AvgIpc) is 3.08. The Hall–Kier alpha value is -1.64. The van der Waals surface area contributed by atoms with Gasteiger partial charge in [0.15, 0.2) is 0 Å². The number of unbranched alkanes of at least 4 members (excludes halogenated alkanes) is 6. The van der Waals surface area contributed by atoms with Crippen LogP contribution in [-0.4, -0.2) is 18.9 Å². The highest BCUT2D eigenvalue weighted by Crippen LogP contribution is 2.40. The van der Waals surface area contributed by atoms with Gasteiger partial charge in [0, 0.05) is 18.8 Å². The molecule has 28 heavy (non-hydrogen) atoms. The van der Waals surface area contributed by atoms with Gasteiger partial charge in [-0.1, -0.05) is 69.7 Å². The van der Waals surface area contributed by atoms with E-state index >= 15 is 0 Å². The fourth-order valence-electron chi connectivity index (χ4n) is 4.45. The van der Waals surface area contributed by atoms with E-state index in [4.69, 9.17) is 0 Å². The summed E-state index contributed by atoms with van der Waals surface area (Å²) in [6.07, 6.45) is 13.7. The normalized spacial score (nSPS) is 19.1. The van der Waals surface area contributed by atoms with Gasteiger partial charge in [-0.25, -0.2) is 0 Å². The molecule has 1 aliphatic rings. The van der Waals surface area contributed by atoms with E-state index in [9.17, 15) is 9.59 Å². The number of methoxy groups -OCH3 is 1. The Morgan fingerprint density at radius 3 is 2.43 bits per heavy atom. The van der Waals surface area contributed by atoms with Crippen molar-refractivity contribution >= 4 is 11.8 Å². The lowest BCUT2D eigenvalue weighted by Gasteiger charge is -2.19. The van der Waals surface area contributed by atoms with E-state index in [0.29, 0.717) is 18.1 Å². The molecule has 0 heterocycles. The summed E-state index contributed by atoms with van der Waals surface area (Å²) in [5.41, 5.74) is 2.77. The van der Waals surface area contributed by atoms with Gasteiger partial charge in [-0.3, -0.25) is 9.59 Å². The Kier molecular flexibility index (Phi) is 10.3. The molecule has 1 aromatic carbocycles. The number of ketones is 1. The Labute approximate surface area is 171 Å². The van der Waals surface area contributed by atoms with E-state index in [1.54, 1.807) is 0 Å². The van der Waals surface area contributed by atoms with Crippen LogP contribution in [0.2, 0.25) is 0 Å². The van der Waals surface area contributed by atoms with Gasteiger partial charge in [0.25, 0.3) is 0 Å². The highest BCUT2D eigenvalue weighted by atomic mass is 16.5. The van der Waals surface area contributed by atoms with Crippen LogP contribution in [0.25, 0.3) is 0 Å². The van der Waals surface area contributed by atoms with Crippen molar-refractivity contribution in [2.45, 2.75) is 96.3 Å². The monoisotopic (exact) mass is 386 g/mol. The van der Waals surface area contributed by atoms with Gasteiger partial charge in [0.1, 0.15) is 5.78 Å². The molecule has 0 radical (unpaired) electrons. The molecule has 156 valence electrons. The maximum atomic E-state index is 12.4. The van der Waals surface area contributed by atoms with Gasteiger partial charge in [-0.15, -0.1) is 0 Å². The number of hydrogen-bond acceptors (Lipinski definition) is 3. The first-order chi connectivity index (χ1) is 13.7. The van der Waals surface area contributed by atoms with Crippen LogP contribution in [0.5, 0.6) is 0 Å².